The molecule has 1 rings (SSSR count). The SMILES string of the molecule is COC(=O)CC(NC(=O)CNC(=O)CN)c1ccccc1. The lowest BCUT2D eigenvalue weighted by molar-refractivity contribution is -0.141. The summed E-state index contributed by atoms with van der Waals surface area (Å²) in [7, 11) is 1.29. The third kappa shape index (κ3) is 6.05. The van der Waals surface area contributed by atoms with Crippen LogP contribution in [0, 0.1) is 0 Å². The van der Waals surface area contributed by atoms with Gasteiger partial charge in [-0.15, -0.1) is 0 Å². The Morgan fingerprint density at radius 1 is 1.19 bits per heavy atom. The molecule has 7 heteroatoms. The molecule has 7 nitrogen and oxygen atoms in total. The van der Waals surface area contributed by atoms with Crippen molar-refractivity contribution in [2.75, 3.05) is 20.2 Å². The summed E-state index contributed by atoms with van der Waals surface area (Å²) in [4.78, 5) is 34.2. The summed E-state index contributed by atoms with van der Waals surface area (Å²) in [6, 6.07) is 8.53. The molecule has 0 aliphatic heterocycles. The average molecular weight is 293 g/mol. The number of benzene rings is 1. The van der Waals surface area contributed by atoms with Crippen LogP contribution in [0.15, 0.2) is 30.3 Å². The number of hydrogen-bond donors (Lipinski definition) is 3. The maximum Gasteiger partial charge on any atom is 0.307 e. The summed E-state index contributed by atoms with van der Waals surface area (Å²) in [5, 5.41) is 5.05. The molecule has 0 aliphatic rings. The molecule has 2 amide bonds. The molecule has 0 radical (unpaired) electrons. The fraction of sp³-hybridized carbons (Fsp3) is 0.357. The van der Waals surface area contributed by atoms with Crippen LogP contribution < -0.4 is 16.4 Å². The number of hydrogen-bond acceptors (Lipinski definition) is 5. The van der Waals surface area contributed by atoms with E-state index in [0.29, 0.717) is 0 Å². The Morgan fingerprint density at radius 3 is 2.43 bits per heavy atom. The number of carbonyl (C=O) groups is 3. The van der Waals surface area contributed by atoms with Crippen LogP contribution in [0.4, 0.5) is 0 Å². The van der Waals surface area contributed by atoms with Gasteiger partial charge in [0.15, 0.2) is 0 Å². The molecule has 0 spiro atoms. The van der Waals surface area contributed by atoms with Gasteiger partial charge >= 0.3 is 5.97 Å². The summed E-state index contributed by atoms with van der Waals surface area (Å²) < 4.78 is 4.62. The van der Waals surface area contributed by atoms with Gasteiger partial charge in [-0.2, -0.15) is 0 Å². The van der Waals surface area contributed by atoms with Crippen LogP contribution in [0.25, 0.3) is 0 Å². The van der Waals surface area contributed by atoms with Crippen LogP contribution in [0.5, 0.6) is 0 Å². The molecule has 0 aliphatic carbocycles. The lowest BCUT2D eigenvalue weighted by atomic mass is 10.0. The van der Waals surface area contributed by atoms with Gasteiger partial charge in [-0.3, -0.25) is 14.4 Å². The van der Waals surface area contributed by atoms with Gasteiger partial charge in [-0.1, -0.05) is 30.3 Å². The maximum absolute atomic E-state index is 11.8. The third-order valence-corrected chi connectivity index (χ3v) is 2.77. The molecule has 1 aromatic carbocycles. The minimum atomic E-state index is -0.513. The Labute approximate surface area is 122 Å². The van der Waals surface area contributed by atoms with Crippen LogP contribution in [-0.4, -0.2) is 38.0 Å². The molecule has 0 saturated carbocycles. The number of nitrogens with one attached hydrogen (secondary N) is 2. The molecule has 1 atom stereocenters. The maximum atomic E-state index is 11.8. The highest BCUT2D eigenvalue weighted by molar-refractivity contribution is 5.86. The number of ether oxygens (including phenoxy) is 1. The van der Waals surface area contributed by atoms with Crippen molar-refractivity contribution in [3.63, 3.8) is 0 Å². The molecule has 114 valence electrons. The first-order valence-corrected chi connectivity index (χ1v) is 6.44. The van der Waals surface area contributed by atoms with Crippen molar-refractivity contribution in [3.8, 4) is 0 Å². The van der Waals surface area contributed by atoms with Gasteiger partial charge in [-0.25, -0.2) is 0 Å². The van der Waals surface area contributed by atoms with Gasteiger partial charge in [0.05, 0.1) is 32.7 Å². The lowest BCUT2D eigenvalue weighted by Crippen LogP contribution is -2.41. The highest BCUT2D eigenvalue weighted by Gasteiger charge is 2.18. The van der Waals surface area contributed by atoms with E-state index in [4.69, 9.17) is 5.73 Å². The Morgan fingerprint density at radius 2 is 1.86 bits per heavy atom. The lowest BCUT2D eigenvalue weighted by Gasteiger charge is -2.18. The third-order valence-electron chi connectivity index (χ3n) is 2.77. The van der Waals surface area contributed by atoms with Crippen LogP contribution in [0.1, 0.15) is 18.0 Å². The average Bonchev–Trinajstić information content (AvgIpc) is 2.52. The quantitative estimate of drug-likeness (QED) is 0.586. The molecule has 1 unspecified atom stereocenters. The molecule has 0 heterocycles. The Bertz CT molecular complexity index is 490. The monoisotopic (exact) mass is 293 g/mol. The van der Waals surface area contributed by atoms with Crippen molar-refractivity contribution in [1.29, 1.82) is 0 Å². The number of esters is 1. The Kier molecular flexibility index (Phi) is 6.90. The van der Waals surface area contributed by atoms with Crippen LogP contribution in [0.3, 0.4) is 0 Å². The molecule has 21 heavy (non-hydrogen) atoms. The predicted octanol–water partition coefficient (Wildman–Crippen LogP) is -0.518. The number of amides is 2. The molecule has 0 fully saturated rings. The standard InChI is InChI=1S/C14H19N3O4/c1-21-14(20)7-11(10-5-3-2-4-6-10)17-13(19)9-16-12(18)8-15/h2-6,11H,7-9,15H2,1H3,(H,16,18)(H,17,19). The largest absolute Gasteiger partial charge is 0.469 e. The minimum Gasteiger partial charge on any atom is -0.469 e. The topological polar surface area (TPSA) is 111 Å². The van der Waals surface area contributed by atoms with Gasteiger partial charge in [0.1, 0.15) is 0 Å². The van der Waals surface area contributed by atoms with E-state index in [-0.39, 0.29) is 19.5 Å². The summed E-state index contributed by atoms with van der Waals surface area (Å²) in [6.45, 7) is -0.377. The second-order valence-corrected chi connectivity index (χ2v) is 4.29. The molecule has 1 aromatic rings. The van der Waals surface area contributed by atoms with E-state index in [2.05, 4.69) is 15.4 Å². The van der Waals surface area contributed by atoms with Crippen molar-refractivity contribution >= 4 is 17.8 Å². The minimum absolute atomic E-state index is 0.0110. The smallest absolute Gasteiger partial charge is 0.307 e. The Balaban J connectivity index is 2.67. The summed E-state index contributed by atoms with van der Waals surface area (Å²) in [5.74, 6) is -1.26. The number of methoxy groups -OCH3 is 1. The van der Waals surface area contributed by atoms with E-state index < -0.39 is 23.8 Å². The van der Waals surface area contributed by atoms with Gasteiger partial charge in [0, 0.05) is 0 Å². The second-order valence-electron chi connectivity index (χ2n) is 4.29. The molecule has 4 N–H and O–H groups in total. The van der Waals surface area contributed by atoms with E-state index >= 15 is 0 Å². The number of nitrogens with two attached hydrogens (primary N) is 1. The zero-order valence-electron chi connectivity index (χ0n) is 11.8. The first-order chi connectivity index (χ1) is 10.1. The van der Waals surface area contributed by atoms with Gasteiger partial charge in [-0.05, 0) is 5.56 Å². The van der Waals surface area contributed by atoms with Crippen molar-refractivity contribution in [3.05, 3.63) is 35.9 Å². The highest BCUT2D eigenvalue weighted by atomic mass is 16.5. The van der Waals surface area contributed by atoms with E-state index in [0.717, 1.165) is 5.56 Å². The molecular weight excluding hydrogens is 274 g/mol. The zero-order chi connectivity index (χ0) is 15.7. The normalized spacial score (nSPS) is 11.3. The summed E-state index contributed by atoms with van der Waals surface area (Å²) >= 11 is 0. The van der Waals surface area contributed by atoms with Crippen molar-refractivity contribution in [2.45, 2.75) is 12.5 Å². The summed E-state index contributed by atoms with van der Waals surface area (Å²) in [5.41, 5.74) is 5.91. The van der Waals surface area contributed by atoms with Gasteiger partial charge in [0.2, 0.25) is 11.8 Å². The van der Waals surface area contributed by atoms with E-state index in [1.54, 1.807) is 12.1 Å². The molecular formula is C14H19N3O4. The van der Waals surface area contributed by atoms with Crippen molar-refractivity contribution in [2.24, 2.45) is 5.73 Å². The van der Waals surface area contributed by atoms with Crippen LogP contribution in [-0.2, 0) is 19.1 Å². The first-order valence-electron chi connectivity index (χ1n) is 6.44. The fourth-order valence-electron chi connectivity index (χ4n) is 1.68. The van der Waals surface area contributed by atoms with Crippen molar-refractivity contribution in [1.82, 2.24) is 10.6 Å². The highest BCUT2D eigenvalue weighted by Crippen LogP contribution is 2.16. The van der Waals surface area contributed by atoms with Gasteiger partial charge in [0.25, 0.3) is 0 Å². The summed E-state index contributed by atoms with van der Waals surface area (Å²) in [6.07, 6.45) is 0.0110. The van der Waals surface area contributed by atoms with E-state index in [9.17, 15) is 14.4 Å². The molecule has 0 saturated heterocycles. The number of carbonyl (C=O) groups excluding carboxylic acids is 3. The second kappa shape index (κ2) is 8.70. The Hall–Kier alpha value is -2.41. The van der Waals surface area contributed by atoms with Gasteiger partial charge < -0.3 is 21.1 Å². The van der Waals surface area contributed by atoms with E-state index in [1.165, 1.54) is 7.11 Å². The van der Waals surface area contributed by atoms with Crippen molar-refractivity contribution < 1.29 is 19.1 Å². The molecule has 0 bridgehead atoms. The van der Waals surface area contributed by atoms with E-state index in [1.807, 2.05) is 18.2 Å². The zero-order valence-corrected chi connectivity index (χ0v) is 11.8. The first kappa shape index (κ1) is 16.6. The predicted molar refractivity (Wildman–Crippen MR) is 76.0 cm³/mol. The van der Waals surface area contributed by atoms with Crippen LogP contribution in [0.2, 0.25) is 0 Å². The fourth-order valence-corrected chi connectivity index (χ4v) is 1.68. The van der Waals surface area contributed by atoms with Crippen LogP contribution >= 0.6 is 0 Å². The number of rotatable bonds is 7. The molecule has 0 aromatic heterocycles.